The number of benzene rings is 2. The Hall–Kier alpha value is -2.61. The van der Waals surface area contributed by atoms with Gasteiger partial charge in [-0.1, -0.05) is 22.0 Å². The topological polar surface area (TPSA) is 78.7 Å². The SMILES string of the molecule is O=C(c1cccc(Br)c1)N1CCN(c2ccc([N+](=O)[O-])c(NC3C4CC5CC(C4)CC3C5)c2)CC1. The van der Waals surface area contributed by atoms with Crippen molar-refractivity contribution in [2.24, 2.45) is 23.7 Å². The third-order valence-electron chi connectivity index (χ3n) is 8.73. The maximum atomic E-state index is 12.9. The van der Waals surface area contributed by atoms with Gasteiger partial charge in [0.1, 0.15) is 5.69 Å². The van der Waals surface area contributed by atoms with Crippen molar-refractivity contribution in [1.29, 1.82) is 0 Å². The van der Waals surface area contributed by atoms with Gasteiger partial charge in [0.2, 0.25) is 0 Å². The molecule has 0 aromatic heterocycles. The molecule has 4 saturated carbocycles. The first-order valence-electron chi connectivity index (χ1n) is 12.8. The zero-order valence-corrected chi connectivity index (χ0v) is 21.3. The molecule has 2 aromatic rings. The highest BCUT2D eigenvalue weighted by molar-refractivity contribution is 9.10. The van der Waals surface area contributed by atoms with Gasteiger partial charge in [-0.15, -0.1) is 0 Å². The Kier molecular flexibility index (Phi) is 5.95. The van der Waals surface area contributed by atoms with Crippen LogP contribution in [0.3, 0.4) is 0 Å². The van der Waals surface area contributed by atoms with Crippen molar-refractivity contribution < 1.29 is 9.72 Å². The number of rotatable bonds is 5. The van der Waals surface area contributed by atoms with E-state index in [0.717, 1.165) is 22.0 Å². The second-order valence-corrected chi connectivity index (χ2v) is 11.8. The van der Waals surface area contributed by atoms with E-state index in [0.29, 0.717) is 55.3 Å². The van der Waals surface area contributed by atoms with Crippen LogP contribution in [0, 0.1) is 33.8 Å². The molecule has 35 heavy (non-hydrogen) atoms. The molecule has 1 saturated heterocycles. The molecule has 1 heterocycles. The van der Waals surface area contributed by atoms with Crippen LogP contribution < -0.4 is 10.2 Å². The third kappa shape index (κ3) is 4.41. The first-order chi connectivity index (χ1) is 16.9. The molecular formula is C27H31BrN4O3. The highest BCUT2D eigenvalue weighted by Crippen LogP contribution is 2.54. The number of anilines is 2. The summed E-state index contributed by atoms with van der Waals surface area (Å²) in [6.45, 7) is 2.66. The highest BCUT2D eigenvalue weighted by atomic mass is 79.9. The Labute approximate surface area is 214 Å². The number of nitro benzene ring substituents is 1. The van der Waals surface area contributed by atoms with Crippen LogP contribution >= 0.6 is 15.9 Å². The number of nitrogens with one attached hydrogen (secondary N) is 1. The summed E-state index contributed by atoms with van der Waals surface area (Å²) in [6, 6.07) is 13.3. The molecule has 7 nitrogen and oxygen atoms in total. The van der Waals surface area contributed by atoms with Gasteiger partial charge in [-0.2, -0.15) is 0 Å². The quantitative estimate of drug-likeness (QED) is 0.398. The Morgan fingerprint density at radius 1 is 0.943 bits per heavy atom. The zero-order valence-electron chi connectivity index (χ0n) is 19.7. The minimum absolute atomic E-state index is 0.0406. The smallest absolute Gasteiger partial charge is 0.292 e. The van der Waals surface area contributed by atoms with Gasteiger partial charge in [0.05, 0.1) is 4.92 Å². The third-order valence-corrected chi connectivity index (χ3v) is 9.22. The summed E-state index contributed by atoms with van der Waals surface area (Å²) < 4.78 is 0.895. The van der Waals surface area contributed by atoms with Crippen LogP contribution in [0.4, 0.5) is 17.1 Å². The Morgan fingerprint density at radius 2 is 1.63 bits per heavy atom. The zero-order chi connectivity index (χ0) is 24.1. The fraction of sp³-hybridized carbons (Fsp3) is 0.519. The molecule has 1 N–H and O–H groups in total. The van der Waals surface area contributed by atoms with Crippen LogP contribution in [-0.4, -0.2) is 48.0 Å². The van der Waals surface area contributed by atoms with Crippen molar-refractivity contribution in [3.63, 3.8) is 0 Å². The number of piperazine rings is 1. The van der Waals surface area contributed by atoms with Gasteiger partial charge in [-0.05, 0) is 86.1 Å². The number of nitrogens with zero attached hydrogens (tertiary/aromatic N) is 3. The molecule has 8 heteroatoms. The summed E-state index contributed by atoms with van der Waals surface area (Å²) >= 11 is 3.44. The van der Waals surface area contributed by atoms with E-state index in [1.54, 1.807) is 6.07 Å². The minimum Gasteiger partial charge on any atom is -0.376 e. The molecule has 0 radical (unpaired) electrons. The molecule has 5 fully saturated rings. The van der Waals surface area contributed by atoms with Gasteiger partial charge in [0, 0.05) is 54.0 Å². The normalized spacial score (nSPS) is 29.3. The number of nitro groups is 1. The number of carbonyl (C=O) groups excluding carboxylic acids is 1. The summed E-state index contributed by atoms with van der Waals surface area (Å²) in [6.07, 6.45) is 6.47. The molecule has 4 bridgehead atoms. The molecule has 0 spiro atoms. The Bertz CT molecular complexity index is 1120. The number of hydrogen-bond donors (Lipinski definition) is 1. The van der Waals surface area contributed by atoms with E-state index in [1.807, 2.05) is 41.3 Å². The molecule has 184 valence electrons. The lowest BCUT2D eigenvalue weighted by molar-refractivity contribution is -0.384. The molecule has 0 atom stereocenters. The van der Waals surface area contributed by atoms with Crippen LogP contribution in [0.15, 0.2) is 46.9 Å². The van der Waals surface area contributed by atoms with Crippen LogP contribution in [0.5, 0.6) is 0 Å². The van der Waals surface area contributed by atoms with E-state index >= 15 is 0 Å². The molecule has 0 unspecified atom stereocenters. The first kappa shape index (κ1) is 22.8. The predicted molar refractivity (Wildman–Crippen MR) is 140 cm³/mol. The van der Waals surface area contributed by atoms with Gasteiger partial charge < -0.3 is 15.1 Å². The van der Waals surface area contributed by atoms with Crippen molar-refractivity contribution in [3.8, 4) is 0 Å². The summed E-state index contributed by atoms with van der Waals surface area (Å²) in [4.78, 5) is 28.6. The van der Waals surface area contributed by atoms with Crippen LogP contribution in [-0.2, 0) is 0 Å². The second kappa shape index (κ2) is 9.12. The van der Waals surface area contributed by atoms with Crippen LogP contribution in [0.2, 0.25) is 0 Å². The summed E-state index contributed by atoms with van der Waals surface area (Å²) in [5.41, 5.74) is 2.48. The maximum absolute atomic E-state index is 12.9. The highest BCUT2D eigenvalue weighted by Gasteiger charge is 2.48. The molecule has 7 rings (SSSR count). The van der Waals surface area contributed by atoms with Gasteiger partial charge >= 0.3 is 0 Å². The molecule has 2 aromatic carbocycles. The van der Waals surface area contributed by atoms with Crippen molar-refractivity contribution in [3.05, 3.63) is 62.6 Å². The van der Waals surface area contributed by atoms with E-state index in [2.05, 4.69) is 26.1 Å². The fourth-order valence-electron chi connectivity index (χ4n) is 7.31. The standard InChI is InChI=1S/C27H31BrN4O3/c28-22-3-1-2-19(15-22)27(33)31-8-6-30(7-9-31)23-4-5-25(32(34)35)24(16-23)29-26-20-11-17-10-18(13-20)14-21(26)12-17/h1-5,15-18,20-21,26,29H,6-14H2. The summed E-state index contributed by atoms with van der Waals surface area (Å²) in [5.74, 6) is 3.06. The van der Waals surface area contributed by atoms with E-state index < -0.39 is 0 Å². The predicted octanol–water partition coefficient (Wildman–Crippen LogP) is 5.56. The molecule has 4 aliphatic carbocycles. The van der Waals surface area contributed by atoms with Gasteiger partial charge in [0.15, 0.2) is 0 Å². The van der Waals surface area contributed by atoms with Crippen molar-refractivity contribution >= 4 is 38.9 Å². The summed E-state index contributed by atoms with van der Waals surface area (Å²) in [5, 5.41) is 15.5. The largest absolute Gasteiger partial charge is 0.376 e. The molecule has 1 aliphatic heterocycles. The molecule has 1 amide bonds. The van der Waals surface area contributed by atoms with E-state index in [4.69, 9.17) is 0 Å². The second-order valence-electron chi connectivity index (χ2n) is 10.8. The van der Waals surface area contributed by atoms with E-state index in [-0.39, 0.29) is 16.5 Å². The molecule has 5 aliphatic rings. The van der Waals surface area contributed by atoms with E-state index in [9.17, 15) is 14.9 Å². The van der Waals surface area contributed by atoms with Gasteiger partial charge in [-0.25, -0.2) is 0 Å². The average molecular weight is 539 g/mol. The lowest BCUT2D eigenvalue weighted by Crippen LogP contribution is -2.51. The van der Waals surface area contributed by atoms with Crippen LogP contribution in [0.25, 0.3) is 0 Å². The van der Waals surface area contributed by atoms with Crippen molar-refractivity contribution in [2.75, 3.05) is 36.4 Å². The monoisotopic (exact) mass is 538 g/mol. The number of carbonyl (C=O) groups is 1. The number of hydrogen-bond acceptors (Lipinski definition) is 5. The van der Waals surface area contributed by atoms with Gasteiger partial charge in [0.25, 0.3) is 11.6 Å². The minimum atomic E-state index is -0.267. The average Bonchev–Trinajstić information content (AvgIpc) is 2.85. The maximum Gasteiger partial charge on any atom is 0.292 e. The lowest BCUT2D eigenvalue weighted by atomic mass is 9.54. The fourth-order valence-corrected chi connectivity index (χ4v) is 7.71. The van der Waals surface area contributed by atoms with Crippen molar-refractivity contribution in [1.82, 2.24) is 4.90 Å². The molecular weight excluding hydrogens is 508 g/mol. The van der Waals surface area contributed by atoms with E-state index in [1.165, 1.54) is 32.1 Å². The summed E-state index contributed by atoms with van der Waals surface area (Å²) in [7, 11) is 0. The lowest BCUT2D eigenvalue weighted by Gasteiger charge is -2.54. The van der Waals surface area contributed by atoms with Crippen LogP contribution in [0.1, 0.15) is 42.5 Å². The number of amides is 1. The van der Waals surface area contributed by atoms with Gasteiger partial charge in [-0.3, -0.25) is 14.9 Å². The first-order valence-corrected chi connectivity index (χ1v) is 13.6. The van der Waals surface area contributed by atoms with Crippen molar-refractivity contribution in [2.45, 2.75) is 38.1 Å². The Morgan fingerprint density at radius 3 is 2.26 bits per heavy atom. The number of halogens is 1. The Balaban J connectivity index is 1.17.